The van der Waals surface area contributed by atoms with Gasteiger partial charge >= 0.3 is 5.97 Å². The van der Waals surface area contributed by atoms with Crippen molar-refractivity contribution in [1.29, 1.82) is 0 Å². The normalized spacial score (nSPS) is 11.2. The molecule has 0 saturated heterocycles. The molecule has 0 aromatic heterocycles. The topological polar surface area (TPSA) is 57.6 Å². The lowest BCUT2D eigenvalue weighted by Gasteiger charge is -2.29. The van der Waals surface area contributed by atoms with Crippen LogP contribution in [-0.4, -0.2) is 23.5 Å². The molecular weight excluding hydrogens is 266 g/mol. The molecule has 1 rings (SSSR count). The molecule has 0 unspecified atom stereocenters. The third-order valence-corrected chi connectivity index (χ3v) is 4.26. The van der Waals surface area contributed by atoms with Crippen LogP contribution in [-0.2, 0) is 9.59 Å². The van der Waals surface area contributed by atoms with Crippen molar-refractivity contribution in [3.05, 3.63) is 29.8 Å². The third kappa shape index (κ3) is 3.84. The number of hydrogen-bond donors (Lipinski definition) is 1. The van der Waals surface area contributed by atoms with E-state index in [1.165, 1.54) is 0 Å². The maximum atomic E-state index is 12.6. The van der Waals surface area contributed by atoms with Gasteiger partial charge in [-0.25, -0.2) is 0 Å². The molecule has 0 bridgehead atoms. The fourth-order valence-electron chi connectivity index (χ4n) is 2.49. The van der Waals surface area contributed by atoms with Gasteiger partial charge in [0, 0.05) is 18.7 Å². The number of carboxylic acids is 1. The number of rotatable bonds is 7. The summed E-state index contributed by atoms with van der Waals surface area (Å²) in [5, 5.41) is 9.46. The maximum absolute atomic E-state index is 12.6. The summed E-state index contributed by atoms with van der Waals surface area (Å²) in [4.78, 5) is 25.8. The lowest BCUT2D eigenvalue weighted by atomic mass is 9.79. The van der Waals surface area contributed by atoms with Gasteiger partial charge < -0.3 is 10.0 Å². The van der Waals surface area contributed by atoms with Crippen LogP contribution in [0.1, 0.15) is 45.6 Å². The summed E-state index contributed by atoms with van der Waals surface area (Å²) in [7, 11) is 0. The number of hydrogen-bond acceptors (Lipinski definition) is 2. The quantitative estimate of drug-likeness (QED) is 0.834. The molecule has 0 aliphatic heterocycles. The van der Waals surface area contributed by atoms with E-state index in [4.69, 9.17) is 0 Å². The number of aliphatic carboxylic acids is 1. The highest BCUT2D eigenvalue weighted by Gasteiger charge is 2.38. The molecule has 0 heterocycles. The molecule has 21 heavy (non-hydrogen) atoms. The first kappa shape index (κ1) is 17.2. The lowest BCUT2D eigenvalue weighted by molar-refractivity contribution is -0.152. The largest absolute Gasteiger partial charge is 0.481 e. The van der Waals surface area contributed by atoms with Gasteiger partial charge in [-0.1, -0.05) is 31.5 Å². The minimum Gasteiger partial charge on any atom is -0.481 e. The second kappa shape index (κ2) is 7.25. The van der Waals surface area contributed by atoms with Gasteiger partial charge in [-0.05, 0) is 38.8 Å². The van der Waals surface area contributed by atoms with E-state index < -0.39 is 11.4 Å². The van der Waals surface area contributed by atoms with Crippen molar-refractivity contribution in [3.63, 3.8) is 0 Å². The second-order valence-corrected chi connectivity index (χ2v) is 5.44. The summed E-state index contributed by atoms with van der Waals surface area (Å²) in [5.41, 5.74) is 0.985. The SMILES string of the molecule is CCN(C(=O)CC(CC)(CC)C(=O)O)c1ccc(C)cc1. The predicted octanol–water partition coefficient (Wildman–Crippen LogP) is 3.63. The van der Waals surface area contributed by atoms with E-state index in [1.54, 1.807) is 4.90 Å². The third-order valence-electron chi connectivity index (χ3n) is 4.26. The molecular formula is C17H25NO3. The Morgan fingerprint density at radius 1 is 1.10 bits per heavy atom. The van der Waals surface area contributed by atoms with E-state index in [2.05, 4.69) is 0 Å². The van der Waals surface area contributed by atoms with Crippen molar-refractivity contribution in [1.82, 2.24) is 0 Å². The number of amides is 1. The number of nitrogens with zero attached hydrogens (tertiary/aromatic N) is 1. The Balaban J connectivity index is 2.98. The molecule has 1 aromatic carbocycles. The van der Waals surface area contributed by atoms with Crippen molar-refractivity contribution >= 4 is 17.6 Å². The lowest BCUT2D eigenvalue weighted by Crippen LogP contribution is -2.39. The van der Waals surface area contributed by atoms with Crippen LogP contribution >= 0.6 is 0 Å². The number of benzene rings is 1. The average Bonchev–Trinajstić information content (AvgIpc) is 2.47. The number of carbonyl (C=O) groups is 2. The molecule has 1 N–H and O–H groups in total. The van der Waals surface area contributed by atoms with Crippen molar-refractivity contribution in [2.24, 2.45) is 5.41 Å². The van der Waals surface area contributed by atoms with E-state index in [0.717, 1.165) is 11.3 Å². The van der Waals surface area contributed by atoms with Crippen molar-refractivity contribution in [2.45, 2.75) is 47.0 Å². The van der Waals surface area contributed by atoms with Crippen LogP contribution in [0.3, 0.4) is 0 Å². The van der Waals surface area contributed by atoms with Gasteiger partial charge in [0.25, 0.3) is 0 Å². The Morgan fingerprint density at radius 3 is 2.00 bits per heavy atom. The summed E-state index contributed by atoms with van der Waals surface area (Å²) in [6.45, 7) is 8.08. The van der Waals surface area contributed by atoms with Crippen molar-refractivity contribution in [3.8, 4) is 0 Å². The second-order valence-electron chi connectivity index (χ2n) is 5.44. The highest BCUT2D eigenvalue weighted by atomic mass is 16.4. The highest BCUT2D eigenvalue weighted by molar-refractivity contribution is 5.96. The van der Waals surface area contributed by atoms with Crippen LogP contribution < -0.4 is 4.90 Å². The number of carboxylic acid groups (broad SMARTS) is 1. The Labute approximate surface area is 126 Å². The van der Waals surface area contributed by atoms with Crippen LogP contribution in [0.25, 0.3) is 0 Å². The molecule has 0 aliphatic rings. The molecule has 1 aromatic rings. The van der Waals surface area contributed by atoms with Crippen LogP contribution in [0.15, 0.2) is 24.3 Å². The van der Waals surface area contributed by atoms with Gasteiger partial charge in [0.1, 0.15) is 0 Å². The fraction of sp³-hybridized carbons (Fsp3) is 0.529. The number of aryl methyl sites for hydroxylation is 1. The Kier molecular flexibility index (Phi) is 5.94. The van der Waals surface area contributed by atoms with E-state index in [9.17, 15) is 14.7 Å². The predicted molar refractivity (Wildman–Crippen MR) is 84.5 cm³/mol. The molecule has 4 nitrogen and oxygen atoms in total. The first-order valence-electron chi connectivity index (χ1n) is 7.50. The molecule has 0 radical (unpaired) electrons. The van der Waals surface area contributed by atoms with Gasteiger partial charge in [0.05, 0.1) is 5.41 Å². The molecule has 0 atom stereocenters. The Bertz CT molecular complexity index is 489. The zero-order valence-corrected chi connectivity index (χ0v) is 13.3. The van der Waals surface area contributed by atoms with Gasteiger partial charge in [0.15, 0.2) is 0 Å². The van der Waals surface area contributed by atoms with Gasteiger partial charge in [-0.3, -0.25) is 9.59 Å². The van der Waals surface area contributed by atoms with E-state index in [1.807, 2.05) is 52.0 Å². The minimum absolute atomic E-state index is 0.0387. The number of anilines is 1. The van der Waals surface area contributed by atoms with Crippen LogP contribution in [0.2, 0.25) is 0 Å². The average molecular weight is 291 g/mol. The highest BCUT2D eigenvalue weighted by Crippen LogP contribution is 2.32. The van der Waals surface area contributed by atoms with Crippen molar-refractivity contribution < 1.29 is 14.7 Å². The zero-order chi connectivity index (χ0) is 16.0. The maximum Gasteiger partial charge on any atom is 0.310 e. The van der Waals surface area contributed by atoms with E-state index in [0.29, 0.717) is 19.4 Å². The van der Waals surface area contributed by atoms with Crippen LogP contribution in [0.4, 0.5) is 5.69 Å². The first-order valence-corrected chi connectivity index (χ1v) is 7.50. The molecule has 1 amide bonds. The monoisotopic (exact) mass is 291 g/mol. The smallest absolute Gasteiger partial charge is 0.310 e. The summed E-state index contributed by atoms with van der Waals surface area (Å²) < 4.78 is 0. The first-order chi connectivity index (χ1) is 9.90. The van der Waals surface area contributed by atoms with E-state index in [-0.39, 0.29) is 12.3 Å². The zero-order valence-electron chi connectivity index (χ0n) is 13.3. The molecule has 0 saturated carbocycles. The molecule has 4 heteroatoms. The Hall–Kier alpha value is -1.84. The van der Waals surface area contributed by atoms with Crippen molar-refractivity contribution in [2.75, 3.05) is 11.4 Å². The minimum atomic E-state index is -0.963. The Morgan fingerprint density at radius 2 is 1.62 bits per heavy atom. The summed E-state index contributed by atoms with van der Waals surface area (Å²) >= 11 is 0. The van der Waals surface area contributed by atoms with Gasteiger partial charge in [-0.15, -0.1) is 0 Å². The van der Waals surface area contributed by atoms with E-state index >= 15 is 0 Å². The molecule has 116 valence electrons. The van der Waals surface area contributed by atoms with Gasteiger partial charge in [0.2, 0.25) is 5.91 Å². The van der Waals surface area contributed by atoms with Crippen LogP contribution in [0, 0.1) is 12.3 Å². The van der Waals surface area contributed by atoms with Gasteiger partial charge in [-0.2, -0.15) is 0 Å². The molecule has 0 fully saturated rings. The fourth-order valence-corrected chi connectivity index (χ4v) is 2.49. The molecule has 0 aliphatic carbocycles. The molecule has 0 spiro atoms. The summed E-state index contributed by atoms with van der Waals surface area (Å²) in [5.74, 6) is -1.02. The summed E-state index contributed by atoms with van der Waals surface area (Å²) in [6, 6.07) is 7.71. The standard InChI is InChI=1S/C17H25NO3/c1-5-17(6-2,16(20)21)12-15(19)18(7-3)14-10-8-13(4)9-11-14/h8-11H,5-7,12H2,1-4H3,(H,20,21). The number of carbonyl (C=O) groups excluding carboxylic acids is 1. The van der Waals surface area contributed by atoms with Crippen LogP contribution in [0.5, 0.6) is 0 Å². The summed E-state index contributed by atoms with van der Waals surface area (Å²) in [6.07, 6.45) is 0.948.